The summed E-state index contributed by atoms with van der Waals surface area (Å²) in [5.41, 5.74) is 6.04. The minimum atomic E-state index is -0.672. The van der Waals surface area contributed by atoms with Gasteiger partial charge < -0.3 is 5.73 Å². The van der Waals surface area contributed by atoms with E-state index in [2.05, 4.69) is 51.4 Å². The molecule has 0 radical (unpaired) electrons. The van der Waals surface area contributed by atoms with Crippen LogP contribution in [0, 0.1) is 5.92 Å². The van der Waals surface area contributed by atoms with Crippen LogP contribution in [0.4, 0.5) is 0 Å². The Bertz CT molecular complexity index is 491. The molecular formula is C20H35N3O. The quantitative estimate of drug-likeness (QED) is 0.709. The van der Waals surface area contributed by atoms with Gasteiger partial charge in [0.2, 0.25) is 5.91 Å². The summed E-state index contributed by atoms with van der Waals surface area (Å²) in [6, 6.07) is 6.75. The van der Waals surface area contributed by atoms with E-state index in [0.29, 0.717) is 18.0 Å². The highest BCUT2D eigenvalue weighted by Crippen LogP contribution is 2.35. The van der Waals surface area contributed by atoms with Gasteiger partial charge in [-0.2, -0.15) is 0 Å². The molecule has 1 atom stereocenters. The number of carbonyl (C=O) groups is 1. The second-order valence-corrected chi connectivity index (χ2v) is 7.79. The highest BCUT2D eigenvalue weighted by atomic mass is 16.1. The SMILES string of the molecule is CC(C)C[C@@](CCCN(C(C)C)C(C)C)(C(N)=O)c1ccccn1. The lowest BCUT2D eigenvalue weighted by Crippen LogP contribution is -2.44. The Morgan fingerprint density at radius 3 is 2.21 bits per heavy atom. The van der Waals surface area contributed by atoms with Crippen molar-refractivity contribution in [2.75, 3.05) is 6.54 Å². The van der Waals surface area contributed by atoms with Gasteiger partial charge in [-0.3, -0.25) is 14.7 Å². The molecule has 1 heterocycles. The van der Waals surface area contributed by atoms with Crippen LogP contribution >= 0.6 is 0 Å². The van der Waals surface area contributed by atoms with Crippen molar-refractivity contribution in [1.82, 2.24) is 9.88 Å². The molecule has 0 fully saturated rings. The fraction of sp³-hybridized carbons (Fsp3) is 0.700. The smallest absolute Gasteiger partial charge is 0.229 e. The van der Waals surface area contributed by atoms with Crippen LogP contribution < -0.4 is 5.73 Å². The van der Waals surface area contributed by atoms with Crippen LogP contribution in [0.3, 0.4) is 0 Å². The topological polar surface area (TPSA) is 59.2 Å². The third-order valence-electron chi connectivity index (χ3n) is 4.73. The van der Waals surface area contributed by atoms with Crippen molar-refractivity contribution in [3.8, 4) is 0 Å². The molecule has 0 aliphatic rings. The molecule has 24 heavy (non-hydrogen) atoms. The Morgan fingerprint density at radius 1 is 1.17 bits per heavy atom. The fourth-order valence-corrected chi connectivity index (χ4v) is 3.70. The molecule has 0 aliphatic carbocycles. The Hall–Kier alpha value is -1.42. The van der Waals surface area contributed by atoms with E-state index in [0.717, 1.165) is 31.5 Å². The van der Waals surface area contributed by atoms with E-state index in [1.54, 1.807) is 6.20 Å². The first kappa shape index (κ1) is 20.6. The fourth-order valence-electron chi connectivity index (χ4n) is 3.70. The van der Waals surface area contributed by atoms with E-state index in [4.69, 9.17) is 5.73 Å². The van der Waals surface area contributed by atoms with Crippen LogP contribution in [0.5, 0.6) is 0 Å². The zero-order valence-electron chi connectivity index (χ0n) is 16.2. The summed E-state index contributed by atoms with van der Waals surface area (Å²) in [7, 11) is 0. The number of hydrogen-bond acceptors (Lipinski definition) is 3. The summed E-state index contributed by atoms with van der Waals surface area (Å²) < 4.78 is 0. The van der Waals surface area contributed by atoms with Crippen molar-refractivity contribution < 1.29 is 4.79 Å². The Labute approximate surface area is 147 Å². The maximum Gasteiger partial charge on any atom is 0.229 e. The lowest BCUT2D eigenvalue weighted by atomic mass is 9.73. The number of aromatic nitrogens is 1. The average molecular weight is 334 g/mol. The van der Waals surface area contributed by atoms with E-state index in [-0.39, 0.29) is 5.91 Å². The summed E-state index contributed by atoms with van der Waals surface area (Å²) in [5, 5.41) is 0. The lowest BCUT2D eigenvalue weighted by Gasteiger charge is -2.35. The van der Waals surface area contributed by atoms with Crippen molar-refractivity contribution in [3.05, 3.63) is 30.1 Å². The summed E-state index contributed by atoms with van der Waals surface area (Å²) in [6.45, 7) is 14.1. The standard InChI is InChI=1S/C20H35N3O/c1-15(2)14-20(19(21)24,18-10-7-8-12-22-18)11-9-13-23(16(3)4)17(5)6/h7-8,10,12,15-17H,9,11,13-14H2,1-6H3,(H2,21,24)/t20-/m1/s1. The van der Waals surface area contributed by atoms with Crippen molar-refractivity contribution in [2.24, 2.45) is 11.7 Å². The maximum atomic E-state index is 12.5. The Morgan fingerprint density at radius 2 is 1.79 bits per heavy atom. The van der Waals surface area contributed by atoms with Crippen LogP contribution in [0.2, 0.25) is 0 Å². The molecule has 1 aromatic heterocycles. The van der Waals surface area contributed by atoms with Crippen molar-refractivity contribution in [1.29, 1.82) is 0 Å². The van der Waals surface area contributed by atoms with E-state index >= 15 is 0 Å². The molecule has 0 aromatic carbocycles. The maximum absolute atomic E-state index is 12.5. The first-order chi connectivity index (χ1) is 11.2. The van der Waals surface area contributed by atoms with Crippen LogP contribution in [-0.2, 0) is 10.2 Å². The molecule has 0 aliphatic heterocycles. The van der Waals surface area contributed by atoms with Gasteiger partial charge in [-0.05, 0) is 71.6 Å². The molecule has 0 saturated heterocycles. The number of amides is 1. The second-order valence-electron chi connectivity index (χ2n) is 7.79. The number of hydrogen-bond donors (Lipinski definition) is 1. The lowest BCUT2D eigenvalue weighted by molar-refractivity contribution is -0.124. The summed E-state index contributed by atoms with van der Waals surface area (Å²) in [5.74, 6) is 0.126. The Kier molecular flexibility index (Phi) is 7.88. The van der Waals surface area contributed by atoms with Crippen molar-refractivity contribution in [3.63, 3.8) is 0 Å². The second kappa shape index (κ2) is 9.16. The normalized spacial score (nSPS) is 14.6. The van der Waals surface area contributed by atoms with Gasteiger partial charge in [-0.15, -0.1) is 0 Å². The minimum Gasteiger partial charge on any atom is -0.369 e. The van der Waals surface area contributed by atoms with E-state index in [1.807, 2.05) is 18.2 Å². The van der Waals surface area contributed by atoms with Crippen LogP contribution in [0.25, 0.3) is 0 Å². The third kappa shape index (κ3) is 5.30. The molecule has 4 nitrogen and oxygen atoms in total. The van der Waals surface area contributed by atoms with Crippen LogP contribution in [0.15, 0.2) is 24.4 Å². The molecule has 0 spiro atoms. The van der Waals surface area contributed by atoms with Gasteiger partial charge >= 0.3 is 0 Å². The van der Waals surface area contributed by atoms with Crippen LogP contribution in [0.1, 0.15) is 66.5 Å². The van der Waals surface area contributed by atoms with Gasteiger partial charge in [0.15, 0.2) is 0 Å². The first-order valence-corrected chi connectivity index (χ1v) is 9.18. The molecule has 1 amide bonds. The molecule has 136 valence electrons. The molecule has 0 unspecified atom stereocenters. The Balaban J connectivity index is 3.00. The highest BCUT2D eigenvalue weighted by molar-refractivity contribution is 5.86. The van der Waals surface area contributed by atoms with Gasteiger partial charge in [0, 0.05) is 18.3 Å². The number of carbonyl (C=O) groups excluding carboxylic acids is 1. The summed E-state index contributed by atoms with van der Waals surface area (Å²) in [4.78, 5) is 19.4. The molecule has 2 N–H and O–H groups in total. The van der Waals surface area contributed by atoms with Crippen LogP contribution in [-0.4, -0.2) is 34.4 Å². The van der Waals surface area contributed by atoms with Crippen molar-refractivity contribution >= 4 is 5.91 Å². The molecule has 1 rings (SSSR count). The van der Waals surface area contributed by atoms with E-state index in [9.17, 15) is 4.79 Å². The van der Waals surface area contributed by atoms with E-state index in [1.165, 1.54) is 0 Å². The molecule has 4 heteroatoms. The molecule has 1 aromatic rings. The molecular weight excluding hydrogens is 298 g/mol. The average Bonchev–Trinajstić information content (AvgIpc) is 2.49. The zero-order chi connectivity index (χ0) is 18.3. The monoisotopic (exact) mass is 333 g/mol. The van der Waals surface area contributed by atoms with Gasteiger partial charge in [0.1, 0.15) is 0 Å². The summed E-state index contributed by atoms with van der Waals surface area (Å²) >= 11 is 0. The molecule has 0 saturated carbocycles. The number of pyridine rings is 1. The highest BCUT2D eigenvalue weighted by Gasteiger charge is 2.40. The first-order valence-electron chi connectivity index (χ1n) is 9.18. The predicted molar refractivity (Wildman–Crippen MR) is 101 cm³/mol. The molecule has 0 bridgehead atoms. The minimum absolute atomic E-state index is 0.254. The third-order valence-corrected chi connectivity index (χ3v) is 4.73. The van der Waals surface area contributed by atoms with Gasteiger partial charge in [-0.1, -0.05) is 19.9 Å². The van der Waals surface area contributed by atoms with Gasteiger partial charge in [0.25, 0.3) is 0 Å². The number of rotatable bonds is 10. The van der Waals surface area contributed by atoms with Gasteiger partial charge in [0.05, 0.1) is 11.1 Å². The van der Waals surface area contributed by atoms with E-state index < -0.39 is 5.41 Å². The zero-order valence-corrected chi connectivity index (χ0v) is 16.2. The van der Waals surface area contributed by atoms with Gasteiger partial charge in [-0.25, -0.2) is 0 Å². The van der Waals surface area contributed by atoms with Crippen molar-refractivity contribution in [2.45, 2.75) is 78.3 Å². The predicted octanol–water partition coefficient (Wildman–Crippen LogP) is 3.75. The number of nitrogens with two attached hydrogens (primary N) is 1. The largest absolute Gasteiger partial charge is 0.369 e. The number of primary amides is 1. The number of nitrogens with zero attached hydrogens (tertiary/aromatic N) is 2. The summed E-state index contributed by atoms with van der Waals surface area (Å²) in [6.07, 6.45) is 4.17.